The predicted octanol–water partition coefficient (Wildman–Crippen LogP) is 1.79. The van der Waals surface area contributed by atoms with E-state index < -0.39 is 11.8 Å². The highest BCUT2D eigenvalue weighted by Gasteiger charge is 2.11. The zero-order valence-corrected chi connectivity index (χ0v) is 8.30. The minimum absolute atomic E-state index is 0.180. The molecule has 0 saturated heterocycles. The van der Waals surface area contributed by atoms with E-state index in [4.69, 9.17) is 5.11 Å². The molecule has 0 aliphatic heterocycles. The molecule has 0 saturated carbocycles. The van der Waals surface area contributed by atoms with Gasteiger partial charge in [-0.15, -0.1) is 0 Å². The Bertz CT molecular complexity index is 429. The van der Waals surface area contributed by atoms with E-state index >= 15 is 0 Å². The fourth-order valence-electron chi connectivity index (χ4n) is 1.12. The number of halogens is 1. The van der Waals surface area contributed by atoms with Crippen molar-refractivity contribution in [2.75, 3.05) is 5.32 Å². The highest BCUT2D eigenvalue weighted by molar-refractivity contribution is 5.93. The van der Waals surface area contributed by atoms with Gasteiger partial charge >= 0.3 is 5.97 Å². The van der Waals surface area contributed by atoms with Crippen molar-refractivity contribution in [3.8, 4) is 0 Å². The molecule has 0 aliphatic rings. The van der Waals surface area contributed by atoms with Crippen molar-refractivity contribution >= 4 is 17.6 Å². The number of carboxylic acid groups (broad SMARTS) is 1. The quantitative estimate of drug-likeness (QED) is 0.783. The topological polar surface area (TPSA) is 66.4 Å². The molecule has 0 heterocycles. The van der Waals surface area contributed by atoms with E-state index in [1.165, 1.54) is 19.9 Å². The molecular formula is C10H10FNO3. The van der Waals surface area contributed by atoms with E-state index in [9.17, 15) is 14.0 Å². The van der Waals surface area contributed by atoms with Crippen LogP contribution in [-0.4, -0.2) is 17.0 Å². The lowest BCUT2D eigenvalue weighted by Crippen LogP contribution is -2.09. The maximum absolute atomic E-state index is 13.2. The molecule has 0 atom stereocenters. The molecule has 5 heteroatoms. The molecule has 0 fully saturated rings. The zero-order valence-electron chi connectivity index (χ0n) is 8.30. The van der Waals surface area contributed by atoms with E-state index in [2.05, 4.69) is 5.32 Å². The second-order valence-corrected chi connectivity index (χ2v) is 3.12. The van der Waals surface area contributed by atoms with Crippen LogP contribution >= 0.6 is 0 Å². The van der Waals surface area contributed by atoms with Gasteiger partial charge in [0.05, 0.1) is 5.56 Å². The standard InChI is InChI=1S/C10H10FNO3/c1-5-8(11)3-7(10(14)15)4-9(5)12-6(2)13/h3-4H,1-2H3,(H,12,13)(H,14,15). The number of amides is 1. The van der Waals surface area contributed by atoms with Crippen molar-refractivity contribution in [3.63, 3.8) is 0 Å². The van der Waals surface area contributed by atoms with Crippen LogP contribution in [0.15, 0.2) is 12.1 Å². The summed E-state index contributed by atoms with van der Waals surface area (Å²) in [6.07, 6.45) is 0. The number of benzene rings is 1. The van der Waals surface area contributed by atoms with Crippen molar-refractivity contribution in [2.45, 2.75) is 13.8 Å². The number of rotatable bonds is 2. The van der Waals surface area contributed by atoms with Crippen molar-refractivity contribution < 1.29 is 19.1 Å². The van der Waals surface area contributed by atoms with Gasteiger partial charge in [0.15, 0.2) is 0 Å². The maximum atomic E-state index is 13.2. The number of anilines is 1. The molecule has 1 aromatic carbocycles. The Morgan fingerprint density at radius 1 is 1.40 bits per heavy atom. The van der Waals surface area contributed by atoms with Gasteiger partial charge in [0.1, 0.15) is 5.82 Å². The molecule has 4 nitrogen and oxygen atoms in total. The van der Waals surface area contributed by atoms with Gasteiger partial charge in [0, 0.05) is 18.2 Å². The van der Waals surface area contributed by atoms with E-state index in [1.54, 1.807) is 0 Å². The Morgan fingerprint density at radius 3 is 2.47 bits per heavy atom. The molecule has 2 N–H and O–H groups in total. The summed E-state index contributed by atoms with van der Waals surface area (Å²) < 4.78 is 13.2. The van der Waals surface area contributed by atoms with Crippen LogP contribution in [0.1, 0.15) is 22.8 Å². The monoisotopic (exact) mass is 211 g/mol. The molecule has 0 unspecified atom stereocenters. The van der Waals surface area contributed by atoms with Crippen molar-refractivity contribution in [1.29, 1.82) is 0 Å². The molecule has 1 aromatic rings. The molecule has 0 radical (unpaired) electrons. The summed E-state index contributed by atoms with van der Waals surface area (Å²) in [5, 5.41) is 11.0. The smallest absolute Gasteiger partial charge is 0.335 e. The maximum Gasteiger partial charge on any atom is 0.335 e. The predicted molar refractivity (Wildman–Crippen MR) is 52.4 cm³/mol. The van der Waals surface area contributed by atoms with Crippen molar-refractivity contribution in [2.24, 2.45) is 0 Å². The number of hydrogen-bond acceptors (Lipinski definition) is 2. The third-order valence-corrected chi connectivity index (χ3v) is 1.90. The van der Waals surface area contributed by atoms with E-state index in [1.807, 2.05) is 0 Å². The Kier molecular flexibility index (Phi) is 3.04. The van der Waals surface area contributed by atoms with Crippen LogP contribution in [0.3, 0.4) is 0 Å². The number of carbonyl (C=O) groups is 2. The minimum Gasteiger partial charge on any atom is -0.478 e. The van der Waals surface area contributed by atoms with E-state index in [-0.39, 0.29) is 22.7 Å². The summed E-state index contributed by atoms with van der Waals surface area (Å²) in [6.45, 7) is 2.73. The molecule has 0 spiro atoms. The lowest BCUT2D eigenvalue weighted by Gasteiger charge is -2.08. The van der Waals surface area contributed by atoms with Gasteiger partial charge in [0.2, 0.25) is 5.91 Å². The molecule has 15 heavy (non-hydrogen) atoms. The summed E-state index contributed by atoms with van der Waals surface area (Å²) >= 11 is 0. The van der Waals surface area contributed by atoms with Gasteiger partial charge in [-0.05, 0) is 19.1 Å². The Hall–Kier alpha value is -1.91. The second-order valence-electron chi connectivity index (χ2n) is 3.12. The van der Waals surface area contributed by atoms with Gasteiger partial charge in [-0.3, -0.25) is 4.79 Å². The largest absolute Gasteiger partial charge is 0.478 e. The molecule has 0 aliphatic carbocycles. The van der Waals surface area contributed by atoms with Crippen LogP contribution in [0.25, 0.3) is 0 Å². The molecular weight excluding hydrogens is 201 g/mol. The summed E-state index contributed by atoms with van der Waals surface area (Å²) in [6, 6.07) is 2.14. The number of carboxylic acids is 1. The third-order valence-electron chi connectivity index (χ3n) is 1.90. The van der Waals surface area contributed by atoms with Gasteiger partial charge < -0.3 is 10.4 Å². The Labute approximate surface area is 85.7 Å². The lowest BCUT2D eigenvalue weighted by molar-refractivity contribution is -0.114. The van der Waals surface area contributed by atoms with Gasteiger partial charge in [-0.1, -0.05) is 0 Å². The average molecular weight is 211 g/mol. The molecule has 80 valence electrons. The highest BCUT2D eigenvalue weighted by Crippen LogP contribution is 2.20. The number of nitrogens with one attached hydrogen (secondary N) is 1. The fraction of sp³-hybridized carbons (Fsp3) is 0.200. The first-order valence-electron chi connectivity index (χ1n) is 4.23. The second kappa shape index (κ2) is 4.08. The summed E-state index contributed by atoms with van der Waals surface area (Å²) in [5.74, 6) is -2.26. The van der Waals surface area contributed by atoms with Crippen LogP contribution in [0, 0.1) is 12.7 Å². The van der Waals surface area contributed by atoms with Crippen LogP contribution in [0.2, 0.25) is 0 Å². The first kappa shape index (κ1) is 11.2. The lowest BCUT2D eigenvalue weighted by atomic mass is 10.1. The SMILES string of the molecule is CC(=O)Nc1cc(C(=O)O)cc(F)c1C. The molecule has 0 bridgehead atoms. The van der Waals surface area contributed by atoms with E-state index in [0.29, 0.717) is 0 Å². The first-order valence-corrected chi connectivity index (χ1v) is 4.23. The number of aromatic carboxylic acids is 1. The number of carbonyl (C=O) groups excluding carboxylic acids is 1. The number of hydrogen-bond donors (Lipinski definition) is 2. The van der Waals surface area contributed by atoms with Crippen LogP contribution < -0.4 is 5.32 Å². The molecule has 0 aromatic heterocycles. The van der Waals surface area contributed by atoms with Crippen LogP contribution in [0.4, 0.5) is 10.1 Å². The average Bonchev–Trinajstić information content (AvgIpc) is 2.11. The normalized spacial score (nSPS) is 9.80. The van der Waals surface area contributed by atoms with Gasteiger partial charge in [-0.25, -0.2) is 9.18 Å². The van der Waals surface area contributed by atoms with Crippen LogP contribution in [-0.2, 0) is 4.79 Å². The fourth-order valence-corrected chi connectivity index (χ4v) is 1.12. The summed E-state index contributed by atoms with van der Waals surface area (Å²) in [5.41, 5.74) is 0.206. The van der Waals surface area contributed by atoms with Gasteiger partial charge in [0.25, 0.3) is 0 Å². The van der Waals surface area contributed by atoms with Gasteiger partial charge in [-0.2, -0.15) is 0 Å². The Morgan fingerprint density at radius 2 is 2.00 bits per heavy atom. The molecule has 1 amide bonds. The third kappa shape index (κ3) is 2.52. The summed E-state index contributed by atoms with van der Waals surface area (Å²) in [4.78, 5) is 21.4. The zero-order chi connectivity index (χ0) is 11.6. The van der Waals surface area contributed by atoms with E-state index in [0.717, 1.165) is 6.07 Å². The van der Waals surface area contributed by atoms with Crippen LogP contribution in [0.5, 0.6) is 0 Å². The highest BCUT2D eigenvalue weighted by atomic mass is 19.1. The van der Waals surface area contributed by atoms with Crippen molar-refractivity contribution in [3.05, 3.63) is 29.1 Å². The molecule has 1 rings (SSSR count). The Balaban J connectivity index is 3.24. The first-order chi connectivity index (χ1) is 6.91. The van der Waals surface area contributed by atoms with Crippen molar-refractivity contribution in [1.82, 2.24) is 0 Å². The summed E-state index contributed by atoms with van der Waals surface area (Å²) in [7, 11) is 0. The minimum atomic E-state index is -1.24.